The van der Waals surface area contributed by atoms with Crippen LogP contribution in [0.25, 0.3) is 0 Å². The van der Waals surface area contributed by atoms with E-state index < -0.39 is 7.26 Å². The molecule has 0 saturated carbocycles. The first-order valence-electron chi connectivity index (χ1n) is 10.1. The molecule has 0 atom stereocenters. The van der Waals surface area contributed by atoms with Gasteiger partial charge in [-0.3, -0.25) is 0 Å². The summed E-state index contributed by atoms with van der Waals surface area (Å²) in [6, 6.07) is 43.3. The van der Waals surface area contributed by atoms with Crippen molar-refractivity contribution in [2.45, 2.75) is 6.61 Å². The second-order valence-corrected chi connectivity index (χ2v) is 10.7. The summed E-state index contributed by atoms with van der Waals surface area (Å²) in [7, 11) is -1.80. The topological polar surface area (TPSA) is 9.23 Å². The highest BCUT2D eigenvalue weighted by Crippen LogP contribution is 2.54. The Bertz CT molecular complexity index is 889. The molecule has 0 spiro atoms. The smallest absolute Gasteiger partial charge is 0.114 e. The van der Waals surface area contributed by atoms with Crippen molar-refractivity contribution in [2.24, 2.45) is 0 Å². The number of benzene rings is 4. The molecular weight excluding hydrogens is 371 g/mol. The van der Waals surface area contributed by atoms with Crippen LogP contribution in [0.2, 0.25) is 0 Å². The molecule has 0 aromatic heterocycles. The Morgan fingerprint density at radius 1 is 0.483 bits per heavy atom. The molecule has 4 aromatic carbocycles. The third-order valence-corrected chi connectivity index (χ3v) is 9.67. The quantitative estimate of drug-likeness (QED) is 0.293. The van der Waals surface area contributed by atoms with Gasteiger partial charge in [-0.1, -0.05) is 84.9 Å². The summed E-state index contributed by atoms with van der Waals surface area (Å²) in [6.07, 6.45) is 0.984. The normalized spacial score (nSPS) is 11.3. The molecule has 4 rings (SSSR count). The summed E-state index contributed by atoms with van der Waals surface area (Å²) in [5, 5.41) is 4.21. The van der Waals surface area contributed by atoms with Gasteiger partial charge in [0.2, 0.25) is 0 Å². The highest BCUT2D eigenvalue weighted by Gasteiger charge is 2.44. The third-order valence-electron chi connectivity index (χ3n) is 5.27. The molecule has 4 aromatic rings. The molecule has 2 heteroatoms. The molecule has 0 radical (unpaired) electrons. The van der Waals surface area contributed by atoms with E-state index in [1.807, 2.05) is 6.07 Å². The van der Waals surface area contributed by atoms with E-state index in [0.717, 1.165) is 12.8 Å². The van der Waals surface area contributed by atoms with Crippen molar-refractivity contribution in [1.29, 1.82) is 0 Å². The number of hydrogen-bond donors (Lipinski definition) is 0. The minimum absolute atomic E-state index is 0.652. The fourth-order valence-corrected chi connectivity index (χ4v) is 7.96. The molecule has 0 bridgehead atoms. The highest BCUT2D eigenvalue weighted by atomic mass is 31.2. The Kier molecular flexibility index (Phi) is 6.52. The number of hydrogen-bond acceptors (Lipinski definition) is 1. The van der Waals surface area contributed by atoms with E-state index in [1.165, 1.54) is 21.5 Å². The molecule has 0 unspecified atom stereocenters. The Hall–Kier alpha value is -2.73. The molecule has 29 heavy (non-hydrogen) atoms. The lowest BCUT2D eigenvalue weighted by Crippen LogP contribution is -2.34. The fourth-order valence-electron chi connectivity index (χ4n) is 3.85. The SMILES string of the molecule is c1ccc(COCC[P+](c2ccccc2)(c2ccccc2)c2ccccc2)cc1. The van der Waals surface area contributed by atoms with E-state index in [9.17, 15) is 0 Å². The van der Waals surface area contributed by atoms with Crippen molar-refractivity contribution in [3.63, 3.8) is 0 Å². The fraction of sp³-hybridized carbons (Fsp3) is 0.111. The van der Waals surface area contributed by atoms with Gasteiger partial charge in [-0.05, 0) is 42.0 Å². The van der Waals surface area contributed by atoms with Gasteiger partial charge in [0.15, 0.2) is 0 Å². The molecular formula is C27H26OP+. The van der Waals surface area contributed by atoms with Crippen LogP contribution in [-0.2, 0) is 11.3 Å². The van der Waals surface area contributed by atoms with Gasteiger partial charge >= 0.3 is 0 Å². The number of ether oxygens (including phenoxy) is 1. The van der Waals surface area contributed by atoms with Gasteiger partial charge in [-0.25, -0.2) is 0 Å². The molecule has 0 N–H and O–H groups in total. The third kappa shape index (κ3) is 4.48. The summed E-state index contributed by atoms with van der Waals surface area (Å²) in [5.74, 6) is 0. The predicted octanol–water partition coefficient (Wildman–Crippen LogP) is 5.20. The van der Waals surface area contributed by atoms with Crippen molar-refractivity contribution < 1.29 is 4.74 Å². The van der Waals surface area contributed by atoms with Gasteiger partial charge in [0, 0.05) is 0 Å². The predicted molar refractivity (Wildman–Crippen MR) is 126 cm³/mol. The second kappa shape index (κ2) is 9.65. The Morgan fingerprint density at radius 3 is 1.28 bits per heavy atom. The first kappa shape index (κ1) is 19.6. The standard InChI is InChI=1S/C27H26OP/c1-5-13-24(14-6-1)23-28-21-22-29(25-15-7-2-8-16-25,26-17-9-3-10-18-26)27-19-11-4-12-20-27/h1-20H,21-23H2/q+1. The lowest BCUT2D eigenvalue weighted by molar-refractivity contribution is 0.136. The summed E-state index contributed by atoms with van der Waals surface area (Å²) < 4.78 is 6.17. The van der Waals surface area contributed by atoms with E-state index in [1.54, 1.807) is 0 Å². The lowest BCUT2D eigenvalue weighted by Gasteiger charge is -2.27. The first-order chi connectivity index (χ1) is 14.4. The second-order valence-electron chi connectivity index (χ2n) is 7.08. The minimum Gasteiger partial charge on any atom is -0.373 e. The summed E-state index contributed by atoms with van der Waals surface area (Å²) in [4.78, 5) is 0. The molecule has 0 aliphatic carbocycles. The van der Waals surface area contributed by atoms with Crippen LogP contribution in [0, 0.1) is 0 Å². The van der Waals surface area contributed by atoms with Crippen LogP contribution >= 0.6 is 7.26 Å². The van der Waals surface area contributed by atoms with Crippen LogP contribution in [0.5, 0.6) is 0 Å². The highest BCUT2D eigenvalue weighted by molar-refractivity contribution is 7.95. The Balaban J connectivity index is 1.70. The summed E-state index contributed by atoms with van der Waals surface area (Å²) >= 11 is 0. The van der Waals surface area contributed by atoms with Crippen LogP contribution in [0.15, 0.2) is 121 Å². The van der Waals surface area contributed by atoms with Crippen molar-refractivity contribution in [1.82, 2.24) is 0 Å². The van der Waals surface area contributed by atoms with Gasteiger partial charge in [0.05, 0.1) is 19.4 Å². The average molecular weight is 397 g/mol. The van der Waals surface area contributed by atoms with Gasteiger partial charge in [0.25, 0.3) is 0 Å². The molecule has 0 aliphatic heterocycles. The zero-order valence-corrected chi connectivity index (χ0v) is 17.4. The molecule has 0 heterocycles. The van der Waals surface area contributed by atoms with Gasteiger partial charge in [-0.2, -0.15) is 0 Å². The van der Waals surface area contributed by atoms with E-state index in [-0.39, 0.29) is 0 Å². The summed E-state index contributed by atoms with van der Waals surface area (Å²) in [6.45, 7) is 1.38. The minimum atomic E-state index is -1.80. The van der Waals surface area contributed by atoms with E-state index in [2.05, 4.69) is 115 Å². The van der Waals surface area contributed by atoms with Gasteiger partial charge < -0.3 is 4.74 Å². The van der Waals surface area contributed by atoms with Crippen LogP contribution in [0.1, 0.15) is 5.56 Å². The Morgan fingerprint density at radius 2 is 0.862 bits per heavy atom. The van der Waals surface area contributed by atoms with Crippen molar-refractivity contribution in [2.75, 3.05) is 12.8 Å². The maximum absolute atomic E-state index is 6.17. The van der Waals surface area contributed by atoms with E-state index in [4.69, 9.17) is 4.74 Å². The molecule has 1 nitrogen and oxygen atoms in total. The van der Waals surface area contributed by atoms with Gasteiger partial charge in [-0.15, -0.1) is 0 Å². The molecule has 0 fully saturated rings. The summed E-state index contributed by atoms with van der Waals surface area (Å²) in [5.41, 5.74) is 1.22. The molecule has 0 aliphatic rings. The van der Waals surface area contributed by atoms with Crippen LogP contribution in [-0.4, -0.2) is 12.8 Å². The largest absolute Gasteiger partial charge is 0.373 e. The van der Waals surface area contributed by atoms with Crippen LogP contribution in [0.3, 0.4) is 0 Å². The van der Waals surface area contributed by atoms with Gasteiger partial charge in [0.1, 0.15) is 23.2 Å². The Labute approximate surface area is 174 Å². The number of rotatable bonds is 8. The monoisotopic (exact) mass is 397 g/mol. The molecule has 144 valence electrons. The van der Waals surface area contributed by atoms with E-state index >= 15 is 0 Å². The van der Waals surface area contributed by atoms with Crippen molar-refractivity contribution >= 4 is 23.2 Å². The lowest BCUT2D eigenvalue weighted by atomic mass is 10.2. The maximum atomic E-state index is 6.17. The zero-order valence-electron chi connectivity index (χ0n) is 16.5. The van der Waals surface area contributed by atoms with Crippen LogP contribution in [0.4, 0.5) is 0 Å². The van der Waals surface area contributed by atoms with E-state index in [0.29, 0.717) is 6.61 Å². The van der Waals surface area contributed by atoms with Crippen LogP contribution < -0.4 is 15.9 Å². The zero-order chi connectivity index (χ0) is 19.8. The molecule has 0 amide bonds. The maximum Gasteiger partial charge on any atom is 0.114 e. The molecule has 0 saturated heterocycles. The van der Waals surface area contributed by atoms with Crippen molar-refractivity contribution in [3.05, 3.63) is 127 Å². The average Bonchev–Trinajstić information content (AvgIpc) is 2.82. The van der Waals surface area contributed by atoms with Crippen molar-refractivity contribution in [3.8, 4) is 0 Å². The first-order valence-corrected chi connectivity index (χ1v) is 12.0.